The van der Waals surface area contributed by atoms with E-state index in [9.17, 15) is 4.79 Å². The van der Waals surface area contributed by atoms with Gasteiger partial charge in [0.2, 0.25) is 5.91 Å². The molecule has 5 aromatic rings. The number of hydrogen-bond donors (Lipinski definition) is 2. The van der Waals surface area contributed by atoms with Crippen LogP contribution in [-0.2, 0) is 17.8 Å². The van der Waals surface area contributed by atoms with Crippen molar-refractivity contribution in [1.29, 1.82) is 0 Å². The maximum atomic E-state index is 12.5. The standard InChI is InChI=1S/C22H18N6O/c29-21(12-19-16-7-1-2-8-17(16)26-27-19)24-13-15-6-5-11-23-22(15)28-14-25-18-9-3-4-10-20(18)28/h1-11,14H,12-13H2,(H,24,29)(H,26,27). The van der Waals surface area contributed by atoms with Crippen LogP contribution in [0.2, 0.25) is 0 Å². The summed E-state index contributed by atoms with van der Waals surface area (Å²) >= 11 is 0. The number of para-hydroxylation sites is 3. The molecule has 7 nitrogen and oxygen atoms in total. The van der Waals surface area contributed by atoms with E-state index in [-0.39, 0.29) is 12.3 Å². The fraction of sp³-hybridized carbons (Fsp3) is 0.0909. The van der Waals surface area contributed by atoms with Gasteiger partial charge in [-0.3, -0.25) is 14.5 Å². The average molecular weight is 382 g/mol. The fourth-order valence-corrected chi connectivity index (χ4v) is 3.48. The molecule has 0 bridgehead atoms. The van der Waals surface area contributed by atoms with E-state index in [1.807, 2.05) is 65.2 Å². The van der Waals surface area contributed by atoms with Gasteiger partial charge in [-0.1, -0.05) is 36.4 Å². The summed E-state index contributed by atoms with van der Waals surface area (Å²) < 4.78 is 1.94. The van der Waals surface area contributed by atoms with E-state index < -0.39 is 0 Å². The van der Waals surface area contributed by atoms with Gasteiger partial charge in [-0.2, -0.15) is 5.10 Å². The van der Waals surface area contributed by atoms with E-state index in [2.05, 4.69) is 25.5 Å². The van der Waals surface area contributed by atoms with E-state index in [1.54, 1.807) is 12.5 Å². The van der Waals surface area contributed by atoms with Crippen molar-refractivity contribution in [2.45, 2.75) is 13.0 Å². The molecule has 1 amide bonds. The minimum Gasteiger partial charge on any atom is -0.352 e. The van der Waals surface area contributed by atoms with Crippen molar-refractivity contribution in [3.8, 4) is 5.82 Å². The lowest BCUT2D eigenvalue weighted by Gasteiger charge is -2.11. The van der Waals surface area contributed by atoms with Crippen LogP contribution in [0.15, 0.2) is 73.2 Å². The first kappa shape index (κ1) is 17.1. The summed E-state index contributed by atoms with van der Waals surface area (Å²) in [5, 5.41) is 11.2. The number of fused-ring (bicyclic) bond motifs is 2. The van der Waals surface area contributed by atoms with Gasteiger partial charge in [0.15, 0.2) is 0 Å². The Morgan fingerprint density at radius 3 is 2.72 bits per heavy atom. The molecule has 0 aliphatic heterocycles. The summed E-state index contributed by atoms with van der Waals surface area (Å²) in [6, 6.07) is 19.5. The van der Waals surface area contributed by atoms with Gasteiger partial charge in [0.1, 0.15) is 12.1 Å². The van der Waals surface area contributed by atoms with Gasteiger partial charge in [-0.25, -0.2) is 9.97 Å². The zero-order valence-electron chi connectivity index (χ0n) is 15.5. The van der Waals surface area contributed by atoms with Gasteiger partial charge in [-0.15, -0.1) is 0 Å². The Balaban J connectivity index is 1.36. The minimum atomic E-state index is -0.0790. The van der Waals surface area contributed by atoms with Crippen molar-refractivity contribution in [3.05, 3.63) is 84.4 Å². The number of hydrogen-bond acceptors (Lipinski definition) is 4. The van der Waals surface area contributed by atoms with Crippen LogP contribution >= 0.6 is 0 Å². The van der Waals surface area contributed by atoms with Crippen LogP contribution in [0.4, 0.5) is 0 Å². The number of benzene rings is 2. The zero-order valence-corrected chi connectivity index (χ0v) is 15.5. The van der Waals surface area contributed by atoms with Crippen molar-refractivity contribution in [2.75, 3.05) is 0 Å². The van der Waals surface area contributed by atoms with Crippen LogP contribution in [0.5, 0.6) is 0 Å². The monoisotopic (exact) mass is 382 g/mol. The normalized spacial score (nSPS) is 11.2. The second-order valence-electron chi connectivity index (χ2n) is 6.76. The number of pyridine rings is 1. The highest BCUT2D eigenvalue weighted by molar-refractivity contribution is 5.87. The predicted molar refractivity (Wildman–Crippen MR) is 111 cm³/mol. The number of H-pyrrole nitrogens is 1. The SMILES string of the molecule is O=C(Cc1[nH]nc2ccccc12)NCc1cccnc1-n1cnc2ccccc21. The highest BCUT2D eigenvalue weighted by Crippen LogP contribution is 2.19. The van der Waals surface area contributed by atoms with Crippen LogP contribution in [0.1, 0.15) is 11.3 Å². The number of carbonyl (C=O) groups excluding carboxylic acids is 1. The van der Waals surface area contributed by atoms with Crippen molar-refractivity contribution >= 4 is 27.8 Å². The molecule has 142 valence electrons. The highest BCUT2D eigenvalue weighted by Gasteiger charge is 2.13. The Kier molecular flexibility index (Phi) is 4.25. The quantitative estimate of drug-likeness (QED) is 0.489. The number of aromatic amines is 1. The first-order valence-electron chi connectivity index (χ1n) is 9.34. The van der Waals surface area contributed by atoms with Gasteiger partial charge in [0.25, 0.3) is 0 Å². The lowest BCUT2D eigenvalue weighted by molar-refractivity contribution is -0.120. The highest BCUT2D eigenvalue weighted by atomic mass is 16.1. The first-order chi connectivity index (χ1) is 14.3. The molecule has 3 aromatic heterocycles. The molecule has 0 spiro atoms. The predicted octanol–water partition coefficient (Wildman–Crippen LogP) is 3.16. The Morgan fingerprint density at radius 2 is 1.79 bits per heavy atom. The number of carbonyl (C=O) groups is 1. The van der Waals surface area contributed by atoms with Crippen LogP contribution in [0.3, 0.4) is 0 Å². The topological polar surface area (TPSA) is 88.5 Å². The molecule has 0 atom stereocenters. The number of rotatable bonds is 5. The third-order valence-corrected chi connectivity index (χ3v) is 4.90. The molecule has 0 aliphatic carbocycles. The van der Waals surface area contributed by atoms with Gasteiger partial charge in [0.05, 0.1) is 28.7 Å². The maximum Gasteiger partial charge on any atom is 0.226 e. The average Bonchev–Trinajstić information content (AvgIpc) is 3.37. The first-order valence-corrected chi connectivity index (χ1v) is 9.34. The molecule has 7 heteroatoms. The second-order valence-corrected chi connectivity index (χ2v) is 6.76. The second kappa shape index (κ2) is 7.20. The summed E-state index contributed by atoms with van der Waals surface area (Å²) in [4.78, 5) is 21.5. The van der Waals surface area contributed by atoms with Crippen LogP contribution < -0.4 is 5.32 Å². The van der Waals surface area contributed by atoms with Crippen LogP contribution in [0.25, 0.3) is 27.8 Å². The maximum absolute atomic E-state index is 12.5. The Bertz CT molecular complexity index is 1320. The lowest BCUT2D eigenvalue weighted by atomic mass is 10.1. The van der Waals surface area contributed by atoms with Crippen molar-refractivity contribution in [1.82, 2.24) is 30.0 Å². The fourth-order valence-electron chi connectivity index (χ4n) is 3.48. The molecule has 5 rings (SSSR count). The largest absolute Gasteiger partial charge is 0.352 e. The lowest BCUT2D eigenvalue weighted by Crippen LogP contribution is -2.25. The van der Waals surface area contributed by atoms with Crippen molar-refractivity contribution in [2.24, 2.45) is 0 Å². The van der Waals surface area contributed by atoms with Crippen molar-refractivity contribution in [3.63, 3.8) is 0 Å². The summed E-state index contributed by atoms with van der Waals surface area (Å²) in [5.74, 6) is 0.679. The molecule has 0 aliphatic rings. The van der Waals surface area contributed by atoms with Crippen molar-refractivity contribution < 1.29 is 4.79 Å². The summed E-state index contributed by atoms with van der Waals surface area (Å²) in [6.45, 7) is 0.376. The van der Waals surface area contributed by atoms with Gasteiger partial charge in [0, 0.05) is 23.7 Å². The molecule has 0 unspecified atom stereocenters. The smallest absolute Gasteiger partial charge is 0.226 e. The molecule has 0 saturated heterocycles. The van der Waals surface area contributed by atoms with E-state index in [1.165, 1.54) is 0 Å². The third kappa shape index (κ3) is 3.23. The Hall–Kier alpha value is -4.00. The number of aromatic nitrogens is 5. The van der Waals surface area contributed by atoms with Gasteiger partial charge in [-0.05, 0) is 24.3 Å². The Morgan fingerprint density at radius 1 is 0.966 bits per heavy atom. The molecule has 0 saturated carbocycles. The molecule has 2 N–H and O–H groups in total. The van der Waals surface area contributed by atoms with Gasteiger partial charge < -0.3 is 5.32 Å². The summed E-state index contributed by atoms with van der Waals surface area (Å²) in [6.07, 6.45) is 3.74. The molecule has 0 radical (unpaired) electrons. The number of amides is 1. The van der Waals surface area contributed by atoms with Crippen LogP contribution in [0, 0.1) is 0 Å². The molecular weight excluding hydrogens is 364 g/mol. The molecule has 29 heavy (non-hydrogen) atoms. The summed E-state index contributed by atoms with van der Waals surface area (Å²) in [5.41, 5.74) is 4.46. The minimum absolute atomic E-state index is 0.0790. The molecule has 0 fully saturated rings. The van der Waals surface area contributed by atoms with E-state index >= 15 is 0 Å². The van der Waals surface area contributed by atoms with E-state index in [4.69, 9.17) is 0 Å². The molecule has 3 heterocycles. The van der Waals surface area contributed by atoms with E-state index in [0.29, 0.717) is 6.54 Å². The number of nitrogens with one attached hydrogen (secondary N) is 2. The van der Waals surface area contributed by atoms with E-state index in [0.717, 1.165) is 39.0 Å². The van der Waals surface area contributed by atoms with Gasteiger partial charge >= 0.3 is 0 Å². The third-order valence-electron chi connectivity index (χ3n) is 4.90. The summed E-state index contributed by atoms with van der Waals surface area (Å²) in [7, 11) is 0. The number of nitrogens with zero attached hydrogens (tertiary/aromatic N) is 4. The van der Waals surface area contributed by atoms with Crippen LogP contribution in [-0.4, -0.2) is 30.6 Å². The molecular formula is C22H18N6O. The number of imidazole rings is 1. The molecule has 2 aromatic carbocycles. The Labute approximate surface area is 166 Å². The zero-order chi connectivity index (χ0) is 19.6.